The summed E-state index contributed by atoms with van der Waals surface area (Å²) < 4.78 is 20.9. The molecule has 0 unspecified atom stereocenters. The number of carbonyl (C=O) groups excluding carboxylic acids is 4. The van der Waals surface area contributed by atoms with Crippen LogP contribution in [0, 0.1) is 16.0 Å². The Bertz CT molecular complexity index is 1450. The maximum atomic E-state index is 12.6. The molecule has 1 atom stereocenters. The van der Waals surface area contributed by atoms with Crippen molar-refractivity contribution in [3.8, 4) is 17.2 Å². The first kappa shape index (κ1) is 27.8. The highest BCUT2D eigenvalue weighted by Gasteiger charge is 2.37. The first-order chi connectivity index (χ1) is 19.2. The van der Waals surface area contributed by atoms with Crippen molar-refractivity contribution < 1.29 is 43.0 Å². The molecule has 0 bridgehead atoms. The number of amides is 1. The van der Waals surface area contributed by atoms with Gasteiger partial charge in [-0.15, -0.1) is 0 Å². The van der Waals surface area contributed by atoms with Crippen LogP contribution in [0.3, 0.4) is 0 Å². The Labute approximate surface area is 228 Å². The summed E-state index contributed by atoms with van der Waals surface area (Å²) in [5, 5.41) is 10.7. The Morgan fingerprint density at radius 2 is 1.57 bits per heavy atom. The number of ketones is 1. The monoisotopic (exact) mass is 548 g/mol. The van der Waals surface area contributed by atoms with Gasteiger partial charge in [0.15, 0.2) is 12.4 Å². The van der Waals surface area contributed by atoms with Crippen LogP contribution in [0.1, 0.15) is 27.1 Å². The van der Waals surface area contributed by atoms with Crippen LogP contribution in [0.4, 0.5) is 11.4 Å². The number of nitrogens with zero attached hydrogens (tertiary/aromatic N) is 2. The highest BCUT2D eigenvalue weighted by molar-refractivity contribution is 6.02. The molecule has 0 N–H and O–H groups in total. The van der Waals surface area contributed by atoms with Gasteiger partial charge in [0.1, 0.15) is 17.2 Å². The van der Waals surface area contributed by atoms with Crippen molar-refractivity contribution in [2.24, 2.45) is 5.92 Å². The van der Waals surface area contributed by atoms with Gasteiger partial charge < -0.3 is 23.8 Å². The highest BCUT2D eigenvalue weighted by atomic mass is 16.6. The molecule has 0 spiro atoms. The second-order valence-electron chi connectivity index (χ2n) is 8.69. The number of rotatable bonds is 10. The van der Waals surface area contributed by atoms with Gasteiger partial charge in [0, 0.05) is 36.7 Å². The molecule has 0 aromatic heterocycles. The standard InChI is InChI=1S/C28H24N2O10/c1-37-22-11-12-23(25(14-22)38-2)29-15-19(13-26(29)32)27(33)39-16-24(31)17-5-9-21(10-6-17)40-28(34)18-3-7-20(8-4-18)30(35)36/h3-12,14,19H,13,15-16H2,1-2H3/t19-/m1/s1. The molecule has 12 nitrogen and oxygen atoms in total. The number of Topliss-reactive ketones (excluding diaryl/α,β-unsaturated/α-hetero) is 1. The number of non-ortho nitro benzene ring substituents is 1. The third-order valence-corrected chi connectivity index (χ3v) is 6.18. The van der Waals surface area contributed by atoms with Gasteiger partial charge in [-0.25, -0.2) is 4.79 Å². The molecule has 1 aliphatic heterocycles. The van der Waals surface area contributed by atoms with E-state index in [9.17, 15) is 29.3 Å². The molecule has 1 saturated heterocycles. The van der Waals surface area contributed by atoms with Crippen LogP contribution in [0.2, 0.25) is 0 Å². The lowest BCUT2D eigenvalue weighted by atomic mass is 10.1. The Balaban J connectivity index is 1.30. The molecule has 0 aliphatic carbocycles. The van der Waals surface area contributed by atoms with Gasteiger partial charge >= 0.3 is 11.9 Å². The topological polar surface area (TPSA) is 152 Å². The van der Waals surface area contributed by atoms with Crippen molar-refractivity contribution in [1.82, 2.24) is 0 Å². The molecule has 0 radical (unpaired) electrons. The van der Waals surface area contributed by atoms with Gasteiger partial charge in [-0.3, -0.25) is 24.5 Å². The van der Waals surface area contributed by atoms with E-state index in [4.69, 9.17) is 18.9 Å². The number of hydrogen-bond acceptors (Lipinski definition) is 10. The summed E-state index contributed by atoms with van der Waals surface area (Å²) in [6.45, 7) is -0.458. The van der Waals surface area contributed by atoms with Gasteiger partial charge in [0.2, 0.25) is 5.91 Å². The van der Waals surface area contributed by atoms with Crippen LogP contribution >= 0.6 is 0 Å². The molecule has 12 heteroatoms. The van der Waals surface area contributed by atoms with E-state index in [-0.39, 0.29) is 41.4 Å². The fourth-order valence-corrected chi connectivity index (χ4v) is 4.04. The van der Waals surface area contributed by atoms with Crippen LogP contribution in [0.15, 0.2) is 66.7 Å². The van der Waals surface area contributed by atoms with E-state index in [1.54, 1.807) is 18.2 Å². The summed E-state index contributed by atoms with van der Waals surface area (Å²) in [6.07, 6.45) is -0.0724. The van der Waals surface area contributed by atoms with Crippen molar-refractivity contribution >= 4 is 35.0 Å². The number of hydrogen-bond donors (Lipinski definition) is 0. The number of ether oxygens (including phenoxy) is 4. The van der Waals surface area contributed by atoms with Gasteiger partial charge in [-0.2, -0.15) is 0 Å². The summed E-state index contributed by atoms with van der Waals surface area (Å²) in [5.41, 5.74) is 0.672. The van der Waals surface area contributed by atoms with Gasteiger partial charge in [0.05, 0.1) is 36.3 Å². The largest absolute Gasteiger partial charge is 0.497 e. The van der Waals surface area contributed by atoms with E-state index in [1.165, 1.54) is 67.7 Å². The van der Waals surface area contributed by atoms with E-state index in [0.717, 1.165) is 0 Å². The van der Waals surface area contributed by atoms with Crippen LogP contribution in [0.25, 0.3) is 0 Å². The first-order valence-corrected chi connectivity index (χ1v) is 12.0. The lowest BCUT2D eigenvalue weighted by Gasteiger charge is -2.20. The molecule has 3 aromatic rings. The summed E-state index contributed by atoms with van der Waals surface area (Å²) >= 11 is 0. The van der Waals surface area contributed by atoms with Crippen molar-refractivity contribution in [3.05, 3.63) is 88.0 Å². The molecular weight excluding hydrogens is 524 g/mol. The maximum absolute atomic E-state index is 12.6. The SMILES string of the molecule is COc1ccc(N2C[C@H](C(=O)OCC(=O)c3ccc(OC(=O)c4ccc([N+](=O)[O-])cc4)cc3)CC2=O)c(OC)c1. The zero-order valence-corrected chi connectivity index (χ0v) is 21.5. The summed E-state index contributed by atoms with van der Waals surface area (Å²) in [7, 11) is 2.97. The van der Waals surface area contributed by atoms with Gasteiger partial charge in [-0.05, 0) is 48.5 Å². The van der Waals surface area contributed by atoms with Crippen LogP contribution in [0.5, 0.6) is 17.2 Å². The summed E-state index contributed by atoms with van der Waals surface area (Å²) in [4.78, 5) is 61.7. The number of methoxy groups -OCH3 is 2. The summed E-state index contributed by atoms with van der Waals surface area (Å²) in [6, 6.07) is 15.5. The lowest BCUT2D eigenvalue weighted by Crippen LogP contribution is -2.27. The van der Waals surface area contributed by atoms with E-state index >= 15 is 0 Å². The number of benzene rings is 3. The minimum atomic E-state index is -0.756. The molecule has 1 amide bonds. The number of esters is 2. The zero-order chi connectivity index (χ0) is 28.8. The van der Waals surface area contributed by atoms with E-state index in [2.05, 4.69) is 0 Å². The van der Waals surface area contributed by atoms with E-state index in [0.29, 0.717) is 17.2 Å². The minimum Gasteiger partial charge on any atom is -0.497 e. The number of nitro benzene ring substituents is 1. The van der Waals surface area contributed by atoms with Crippen LogP contribution < -0.4 is 19.1 Å². The number of carbonyl (C=O) groups is 4. The van der Waals surface area contributed by atoms with Crippen molar-refractivity contribution in [1.29, 1.82) is 0 Å². The Morgan fingerprint density at radius 3 is 2.20 bits per heavy atom. The molecular formula is C28H24N2O10. The molecule has 1 heterocycles. The van der Waals surface area contributed by atoms with Crippen LogP contribution in [-0.4, -0.2) is 55.9 Å². The first-order valence-electron chi connectivity index (χ1n) is 12.0. The molecule has 1 aliphatic rings. The zero-order valence-electron chi connectivity index (χ0n) is 21.5. The van der Waals surface area contributed by atoms with Crippen LogP contribution in [-0.2, 0) is 14.3 Å². The second kappa shape index (κ2) is 12.1. The molecule has 4 rings (SSSR count). The average Bonchev–Trinajstić information content (AvgIpc) is 3.36. The average molecular weight is 549 g/mol. The fraction of sp³-hybridized carbons (Fsp3) is 0.214. The summed E-state index contributed by atoms with van der Waals surface area (Å²) in [5.74, 6) is -1.81. The van der Waals surface area contributed by atoms with Gasteiger partial charge in [-0.1, -0.05) is 0 Å². The Morgan fingerprint density at radius 1 is 0.925 bits per heavy atom. The van der Waals surface area contributed by atoms with Gasteiger partial charge in [0.25, 0.3) is 5.69 Å². The van der Waals surface area contributed by atoms with E-state index < -0.39 is 35.2 Å². The van der Waals surface area contributed by atoms with Crippen molar-refractivity contribution in [2.75, 3.05) is 32.3 Å². The number of nitro groups is 1. The Kier molecular flexibility index (Phi) is 8.38. The lowest BCUT2D eigenvalue weighted by molar-refractivity contribution is -0.384. The predicted octanol–water partition coefficient (Wildman–Crippen LogP) is 3.61. The molecule has 206 valence electrons. The second-order valence-corrected chi connectivity index (χ2v) is 8.69. The molecule has 3 aromatic carbocycles. The maximum Gasteiger partial charge on any atom is 0.343 e. The highest BCUT2D eigenvalue weighted by Crippen LogP contribution is 2.36. The van der Waals surface area contributed by atoms with Crippen molar-refractivity contribution in [2.45, 2.75) is 6.42 Å². The third-order valence-electron chi connectivity index (χ3n) is 6.18. The third kappa shape index (κ3) is 6.23. The van der Waals surface area contributed by atoms with E-state index in [1.807, 2.05) is 0 Å². The Hall–Kier alpha value is -5.26. The van der Waals surface area contributed by atoms with Crippen molar-refractivity contribution in [3.63, 3.8) is 0 Å². The molecule has 0 saturated carbocycles. The number of anilines is 1. The fourth-order valence-electron chi connectivity index (χ4n) is 4.04. The quantitative estimate of drug-likeness (QED) is 0.121. The molecule has 40 heavy (non-hydrogen) atoms. The smallest absolute Gasteiger partial charge is 0.343 e. The minimum absolute atomic E-state index is 0.0724. The molecule has 1 fully saturated rings. The predicted molar refractivity (Wildman–Crippen MR) is 140 cm³/mol. The normalized spacial score (nSPS) is 14.4.